The summed E-state index contributed by atoms with van der Waals surface area (Å²) in [5.41, 5.74) is 1.93. The molecule has 18 heavy (non-hydrogen) atoms. The molecule has 1 amide bonds. The third-order valence-electron chi connectivity index (χ3n) is 2.29. The van der Waals surface area contributed by atoms with Crippen molar-refractivity contribution in [3.05, 3.63) is 29.8 Å². The molecule has 1 rings (SSSR count). The van der Waals surface area contributed by atoms with E-state index in [4.69, 9.17) is 4.74 Å². The van der Waals surface area contributed by atoms with Gasteiger partial charge in [0.25, 0.3) is 0 Å². The summed E-state index contributed by atoms with van der Waals surface area (Å²) in [4.78, 5) is 11.5. The van der Waals surface area contributed by atoms with Crippen molar-refractivity contribution in [1.82, 2.24) is 5.32 Å². The summed E-state index contributed by atoms with van der Waals surface area (Å²) in [5, 5.41) is 6.09. The molecule has 0 aliphatic rings. The molecule has 4 nitrogen and oxygen atoms in total. The summed E-state index contributed by atoms with van der Waals surface area (Å²) in [7, 11) is 0. The van der Waals surface area contributed by atoms with E-state index in [2.05, 4.69) is 17.6 Å². The second kappa shape index (κ2) is 9.88. The van der Waals surface area contributed by atoms with Gasteiger partial charge < -0.3 is 15.4 Å². The summed E-state index contributed by atoms with van der Waals surface area (Å²) in [6.07, 6.45) is 0. The fourth-order valence-electron chi connectivity index (χ4n) is 1.44. The van der Waals surface area contributed by atoms with Gasteiger partial charge >= 0.3 is 0 Å². The van der Waals surface area contributed by atoms with E-state index < -0.39 is 0 Å². The predicted molar refractivity (Wildman–Crippen MR) is 76.2 cm³/mol. The van der Waals surface area contributed by atoms with Crippen LogP contribution < -0.4 is 10.6 Å². The number of para-hydroxylation sites is 1. The van der Waals surface area contributed by atoms with Crippen LogP contribution in [0.15, 0.2) is 24.3 Å². The van der Waals surface area contributed by atoms with Crippen LogP contribution in [0.1, 0.15) is 19.4 Å². The van der Waals surface area contributed by atoms with E-state index in [-0.39, 0.29) is 24.9 Å². The minimum atomic E-state index is -0.115. The Morgan fingerprint density at radius 3 is 2.67 bits per heavy atom. The first-order valence-electron chi connectivity index (χ1n) is 5.94. The highest BCUT2D eigenvalue weighted by Gasteiger charge is 2.05. The Kier molecular flexibility index (Phi) is 9.28. The first kappa shape index (κ1) is 16.9. The quantitative estimate of drug-likeness (QED) is 0.800. The number of benzene rings is 1. The molecule has 0 aliphatic carbocycles. The summed E-state index contributed by atoms with van der Waals surface area (Å²) < 4.78 is 5.06. The maximum atomic E-state index is 11.5. The van der Waals surface area contributed by atoms with Crippen LogP contribution in [-0.4, -0.2) is 25.7 Å². The van der Waals surface area contributed by atoms with Gasteiger partial charge in [0.2, 0.25) is 5.91 Å². The van der Waals surface area contributed by atoms with Gasteiger partial charge in [-0.05, 0) is 25.1 Å². The monoisotopic (exact) mass is 272 g/mol. The van der Waals surface area contributed by atoms with Crippen LogP contribution in [0.4, 0.5) is 5.69 Å². The van der Waals surface area contributed by atoms with Crippen molar-refractivity contribution in [2.24, 2.45) is 0 Å². The number of hydrogen-bond donors (Lipinski definition) is 2. The minimum Gasteiger partial charge on any atom is -0.372 e. The van der Waals surface area contributed by atoms with Gasteiger partial charge in [-0.25, -0.2) is 0 Å². The van der Waals surface area contributed by atoms with Gasteiger partial charge in [0, 0.05) is 18.8 Å². The Labute approximate surface area is 115 Å². The van der Waals surface area contributed by atoms with Gasteiger partial charge in [0.05, 0.1) is 0 Å². The second-order valence-corrected chi connectivity index (χ2v) is 3.62. The van der Waals surface area contributed by atoms with Crippen LogP contribution in [0.25, 0.3) is 0 Å². The van der Waals surface area contributed by atoms with Gasteiger partial charge in [-0.15, -0.1) is 12.4 Å². The zero-order chi connectivity index (χ0) is 12.5. The Hall–Kier alpha value is -1.10. The van der Waals surface area contributed by atoms with Crippen molar-refractivity contribution in [3.63, 3.8) is 0 Å². The van der Waals surface area contributed by atoms with Crippen molar-refractivity contribution in [1.29, 1.82) is 0 Å². The lowest BCUT2D eigenvalue weighted by Crippen LogP contribution is -2.20. The summed E-state index contributed by atoms with van der Waals surface area (Å²) >= 11 is 0. The van der Waals surface area contributed by atoms with E-state index in [1.54, 1.807) is 0 Å². The lowest BCUT2D eigenvalue weighted by Gasteiger charge is -2.11. The van der Waals surface area contributed by atoms with Gasteiger partial charge in [-0.3, -0.25) is 4.79 Å². The molecule has 0 aliphatic heterocycles. The third-order valence-corrected chi connectivity index (χ3v) is 2.29. The van der Waals surface area contributed by atoms with E-state index in [1.807, 2.05) is 31.2 Å². The lowest BCUT2D eigenvalue weighted by molar-refractivity contribution is -0.120. The average molecular weight is 273 g/mol. The second-order valence-electron chi connectivity index (χ2n) is 3.62. The van der Waals surface area contributed by atoms with Crippen molar-refractivity contribution < 1.29 is 9.53 Å². The standard InChI is InChI=1S/C13H20N2O2.ClH/c1-3-14-9-11-7-5-6-8-12(11)15-13(16)10-17-4-2;/h5-8,14H,3-4,9-10H2,1-2H3,(H,15,16);1H. The van der Waals surface area contributed by atoms with Gasteiger partial charge in [-0.2, -0.15) is 0 Å². The number of halogens is 1. The number of ether oxygens (including phenoxy) is 1. The Bertz CT molecular complexity index is 359. The zero-order valence-electron chi connectivity index (χ0n) is 10.9. The minimum absolute atomic E-state index is 0. The molecular formula is C13H21ClN2O2. The number of anilines is 1. The van der Waals surface area contributed by atoms with E-state index in [1.165, 1.54) is 0 Å². The molecule has 2 N–H and O–H groups in total. The summed E-state index contributed by atoms with van der Waals surface area (Å²) in [5.74, 6) is -0.115. The maximum absolute atomic E-state index is 11.5. The largest absolute Gasteiger partial charge is 0.372 e. The number of amides is 1. The molecule has 5 heteroatoms. The fraction of sp³-hybridized carbons (Fsp3) is 0.462. The van der Waals surface area contributed by atoms with E-state index in [9.17, 15) is 4.79 Å². The zero-order valence-corrected chi connectivity index (χ0v) is 11.7. The van der Waals surface area contributed by atoms with E-state index >= 15 is 0 Å². The molecular weight excluding hydrogens is 252 g/mol. The van der Waals surface area contributed by atoms with Crippen LogP contribution in [0.2, 0.25) is 0 Å². The smallest absolute Gasteiger partial charge is 0.250 e. The van der Waals surface area contributed by atoms with Crippen molar-refractivity contribution in [2.45, 2.75) is 20.4 Å². The number of carbonyl (C=O) groups excluding carboxylic acids is 1. The predicted octanol–water partition coefficient (Wildman–Crippen LogP) is 2.19. The third kappa shape index (κ3) is 6.00. The fourth-order valence-corrected chi connectivity index (χ4v) is 1.44. The maximum Gasteiger partial charge on any atom is 0.250 e. The van der Waals surface area contributed by atoms with Crippen molar-refractivity contribution in [3.8, 4) is 0 Å². The molecule has 102 valence electrons. The van der Waals surface area contributed by atoms with Crippen LogP contribution in [0.3, 0.4) is 0 Å². The Morgan fingerprint density at radius 2 is 2.00 bits per heavy atom. The van der Waals surface area contributed by atoms with Crippen molar-refractivity contribution >= 4 is 24.0 Å². The topological polar surface area (TPSA) is 50.4 Å². The molecule has 0 aromatic heterocycles. The molecule has 0 radical (unpaired) electrons. The number of rotatable bonds is 7. The highest BCUT2D eigenvalue weighted by molar-refractivity contribution is 5.92. The first-order chi connectivity index (χ1) is 8.27. The molecule has 1 aromatic rings. The molecule has 0 bridgehead atoms. The van der Waals surface area contributed by atoms with Gasteiger partial charge in [0.15, 0.2) is 0 Å². The van der Waals surface area contributed by atoms with Gasteiger partial charge in [0.1, 0.15) is 6.61 Å². The molecule has 1 aromatic carbocycles. The average Bonchev–Trinajstić information content (AvgIpc) is 2.35. The van der Waals surface area contributed by atoms with Crippen LogP contribution in [0, 0.1) is 0 Å². The number of hydrogen-bond acceptors (Lipinski definition) is 3. The highest BCUT2D eigenvalue weighted by atomic mass is 35.5. The molecule has 0 atom stereocenters. The molecule has 0 saturated heterocycles. The van der Waals surface area contributed by atoms with Crippen LogP contribution >= 0.6 is 12.4 Å². The summed E-state index contributed by atoms with van der Waals surface area (Å²) in [6.45, 7) is 6.23. The number of nitrogens with one attached hydrogen (secondary N) is 2. The molecule has 0 saturated carbocycles. The van der Waals surface area contributed by atoms with Crippen LogP contribution in [-0.2, 0) is 16.1 Å². The Balaban J connectivity index is 0.00000289. The molecule has 0 fully saturated rings. The molecule has 0 spiro atoms. The lowest BCUT2D eigenvalue weighted by atomic mass is 10.1. The summed E-state index contributed by atoms with van der Waals surface area (Å²) in [6, 6.07) is 7.77. The molecule has 0 unspecified atom stereocenters. The number of carbonyl (C=O) groups is 1. The normalized spacial score (nSPS) is 9.67. The molecule has 0 heterocycles. The SMILES string of the molecule is CCNCc1ccccc1NC(=O)COCC.Cl. The van der Waals surface area contributed by atoms with Gasteiger partial charge in [-0.1, -0.05) is 25.1 Å². The first-order valence-corrected chi connectivity index (χ1v) is 5.94. The highest BCUT2D eigenvalue weighted by Crippen LogP contribution is 2.14. The van der Waals surface area contributed by atoms with E-state index in [0.29, 0.717) is 6.61 Å². The van der Waals surface area contributed by atoms with Crippen molar-refractivity contribution in [2.75, 3.05) is 25.1 Å². The Morgan fingerprint density at radius 1 is 1.28 bits per heavy atom. The van der Waals surface area contributed by atoms with Crippen LogP contribution in [0.5, 0.6) is 0 Å². The van der Waals surface area contributed by atoms with E-state index in [0.717, 1.165) is 24.3 Å².